The van der Waals surface area contributed by atoms with E-state index < -0.39 is 0 Å². The Hall–Kier alpha value is -0.610. The molecule has 0 atom stereocenters. The van der Waals surface area contributed by atoms with Gasteiger partial charge in [0, 0.05) is 27.1 Å². The molecule has 84 valence electrons. The van der Waals surface area contributed by atoms with Gasteiger partial charge in [-0.1, -0.05) is 0 Å². The number of hydrogen-bond acceptors (Lipinski definition) is 3. The number of hydroxylamine groups is 1. The lowest BCUT2D eigenvalue weighted by atomic mass is 10.2. The van der Waals surface area contributed by atoms with E-state index in [0.717, 1.165) is 6.42 Å². The van der Waals surface area contributed by atoms with Crippen molar-refractivity contribution in [1.82, 2.24) is 10.4 Å². The van der Waals surface area contributed by atoms with Crippen LogP contribution in [0.15, 0.2) is 0 Å². The molecule has 14 heavy (non-hydrogen) atoms. The summed E-state index contributed by atoms with van der Waals surface area (Å²) in [6, 6.07) is 0. The number of carbonyl (C=O) groups is 1. The van der Waals surface area contributed by atoms with Crippen LogP contribution in [0.25, 0.3) is 0 Å². The van der Waals surface area contributed by atoms with Crippen molar-refractivity contribution in [2.75, 3.05) is 20.6 Å². The highest BCUT2D eigenvalue weighted by Crippen LogP contribution is 2.03. The van der Waals surface area contributed by atoms with E-state index in [9.17, 15) is 4.79 Å². The minimum atomic E-state index is -0.175. The fourth-order valence-electron chi connectivity index (χ4n) is 0.803. The van der Waals surface area contributed by atoms with Gasteiger partial charge in [-0.05, 0) is 27.2 Å². The van der Waals surface area contributed by atoms with Crippen LogP contribution in [0, 0.1) is 0 Å². The standard InChI is InChI=1S/C10H22N2O2/c1-10(2,3)14-11-8-6-7-9(13)12(4)5/h11H,6-8H2,1-5H3. The molecule has 1 N–H and O–H groups in total. The summed E-state index contributed by atoms with van der Waals surface area (Å²) in [4.78, 5) is 18.1. The predicted molar refractivity (Wildman–Crippen MR) is 56.8 cm³/mol. The van der Waals surface area contributed by atoms with E-state index in [0.29, 0.717) is 13.0 Å². The molecule has 0 rings (SSSR count). The van der Waals surface area contributed by atoms with Gasteiger partial charge in [-0.15, -0.1) is 0 Å². The normalized spacial score (nSPS) is 11.5. The largest absolute Gasteiger partial charge is 0.349 e. The van der Waals surface area contributed by atoms with Gasteiger partial charge >= 0.3 is 0 Å². The molecule has 0 aliphatic heterocycles. The van der Waals surface area contributed by atoms with Crippen LogP contribution in [0.3, 0.4) is 0 Å². The third kappa shape index (κ3) is 8.01. The number of nitrogens with zero attached hydrogens (tertiary/aromatic N) is 1. The molecule has 0 fully saturated rings. The van der Waals surface area contributed by atoms with Gasteiger partial charge in [0.1, 0.15) is 0 Å². The van der Waals surface area contributed by atoms with E-state index in [1.54, 1.807) is 19.0 Å². The zero-order chi connectivity index (χ0) is 11.2. The Bertz CT molecular complexity index is 173. The summed E-state index contributed by atoms with van der Waals surface area (Å²) >= 11 is 0. The second kappa shape index (κ2) is 5.98. The van der Waals surface area contributed by atoms with Crippen molar-refractivity contribution in [2.24, 2.45) is 0 Å². The van der Waals surface area contributed by atoms with Gasteiger partial charge in [-0.25, -0.2) is 5.48 Å². The fraction of sp³-hybridized carbons (Fsp3) is 0.900. The number of nitrogens with one attached hydrogen (secondary N) is 1. The highest BCUT2D eigenvalue weighted by molar-refractivity contribution is 5.75. The lowest BCUT2D eigenvalue weighted by Gasteiger charge is -2.19. The van der Waals surface area contributed by atoms with Crippen LogP contribution in [0.1, 0.15) is 33.6 Å². The van der Waals surface area contributed by atoms with Crippen molar-refractivity contribution >= 4 is 5.91 Å². The Balaban J connectivity index is 3.35. The van der Waals surface area contributed by atoms with Gasteiger partial charge < -0.3 is 4.90 Å². The first-order valence-electron chi connectivity index (χ1n) is 4.94. The van der Waals surface area contributed by atoms with Crippen LogP contribution in [0.2, 0.25) is 0 Å². The quantitative estimate of drug-likeness (QED) is 0.537. The monoisotopic (exact) mass is 202 g/mol. The molecule has 4 nitrogen and oxygen atoms in total. The molecule has 0 aromatic carbocycles. The smallest absolute Gasteiger partial charge is 0.222 e. The summed E-state index contributed by atoms with van der Waals surface area (Å²) in [7, 11) is 3.53. The maximum Gasteiger partial charge on any atom is 0.222 e. The van der Waals surface area contributed by atoms with E-state index in [4.69, 9.17) is 4.84 Å². The predicted octanol–water partition coefficient (Wildman–Crippen LogP) is 1.17. The number of hydrogen-bond donors (Lipinski definition) is 1. The number of amides is 1. The summed E-state index contributed by atoms with van der Waals surface area (Å²) in [5, 5.41) is 0. The summed E-state index contributed by atoms with van der Waals surface area (Å²) < 4.78 is 0. The first-order chi connectivity index (χ1) is 6.33. The second-order valence-electron chi connectivity index (χ2n) is 4.50. The van der Waals surface area contributed by atoms with Crippen LogP contribution >= 0.6 is 0 Å². The number of rotatable bonds is 5. The first-order valence-corrected chi connectivity index (χ1v) is 4.94. The summed E-state index contributed by atoms with van der Waals surface area (Å²) in [5.74, 6) is 0.155. The average molecular weight is 202 g/mol. The molecular formula is C10H22N2O2. The van der Waals surface area contributed by atoms with E-state index in [1.165, 1.54) is 0 Å². The molecule has 0 saturated heterocycles. The first kappa shape index (κ1) is 13.4. The van der Waals surface area contributed by atoms with Crippen LogP contribution in [0.4, 0.5) is 0 Å². The lowest BCUT2D eigenvalue weighted by Crippen LogP contribution is -2.30. The SMILES string of the molecule is CN(C)C(=O)CCCNOC(C)(C)C. The molecule has 0 saturated carbocycles. The van der Waals surface area contributed by atoms with E-state index >= 15 is 0 Å². The Morgan fingerprint density at radius 1 is 1.36 bits per heavy atom. The van der Waals surface area contributed by atoms with Crippen LogP contribution < -0.4 is 5.48 Å². The topological polar surface area (TPSA) is 41.6 Å². The Morgan fingerprint density at radius 3 is 2.36 bits per heavy atom. The maximum absolute atomic E-state index is 11.2. The van der Waals surface area contributed by atoms with Crippen LogP contribution in [-0.2, 0) is 9.63 Å². The molecule has 0 aromatic heterocycles. The molecule has 0 spiro atoms. The van der Waals surface area contributed by atoms with Crippen molar-refractivity contribution in [1.29, 1.82) is 0 Å². The Morgan fingerprint density at radius 2 is 1.93 bits per heavy atom. The molecule has 0 unspecified atom stereocenters. The van der Waals surface area contributed by atoms with Crippen molar-refractivity contribution in [2.45, 2.75) is 39.2 Å². The van der Waals surface area contributed by atoms with E-state index in [1.807, 2.05) is 20.8 Å². The van der Waals surface area contributed by atoms with Gasteiger partial charge in [-0.2, -0.15) is 0 Å². The van der Waals surface area contributed by atoms with Crippen molar-refractivity contribution in [3.05, 3.63) is 0 Å². The Kier molecular flexibility index (Phi) is 5.72. The minimum Gasteiger partial charge on any atom is -0.349 e. The van der Waals surface area contributed by atoms with Crippen molar-refractivity contribution in [3.8, 4) is 0 Å². The molecular weight excluding hydrogens is 180 g/mol. The third-order valence-electron chi connectivity index (χ3n) is 1.55. The average Bonchev–Trinajstić information content (AvgIpc) is 2.01. The van der Waals surface area contributed by atoms with Gasteiger partial charge in [0.15, 0.2) is 0 Å². The molecule has 0 aliphatic carbocycles. The second-order valence-corrected chi connectivity index (χ2v) is 4.50. The summed E-state index contributed by atoms with van der Waals surface area (Å²) in [6.07, 6.45) is 1.36. The molecule has 4 heteroatoms. The molecule has 1 amide bonds. The lowest BCUT2D eigenvalue weighted by molar-refractivity contribution is -0.129. The van der Waals surface area contributed by atoms with Crippen LogP contribution in [0.5, 0.6) is 0 Å². The highest BCUT2D eigenvalue weighted by Gasteiger charge is 2.09. The van der Waals surface area contributed by atoms with E-state index in [-0.39, 0.29) is 11.5 Å². The van der Waals surface area contributed by atoms with Gasteiger partial charge in [0.25, 0.3) is 0 Å². The molecule has 0 bridgehead atoms. The minimum absolute atomic E-state index is 0.155. The molecule has 0 radical (unpaired) electrons. The molecule has 0 heterocycles. The molecule has 0 aromatic rings. The maximum atomic E-state index is 11.2. The van der Waals surface area contributed by atoms with Gasteiger partial charge in [0.2, 0.25) is 5.91 Å². The highest BCUT2D eigenvalue weighted by atomic mass is 16.7. The van der Waals surface area contributed by atoms with Gasteiger partial charge in [-0.3, -0.25) is 9.63 Å². The zero-order valence-corrected chi connectivity index (χ0v) is 9.89. The van der Waals surface area contributed by atoms with Gasteiger partial charge in [0.05, 0.1) is 5.60 Å². The number of carbonyl (C=O) groups excluding carboxylic acids is 1. The van der Waals surface area contributed by atoms with Crippen LogP contribution in [-0.4, -0.2) is 37.0 Å². The molecule has 0 aliphatic rings. The summed E-state index contributed by atoms with van der Waals surface area (Å²) in [6.45, 7) is 6.64. The van der Waals surface area contributed by atoms with Crippen molar-refractivity contribution in [3.63, 3.8) is 0 Å². The summed E-state index contributed by atoms with van der Waals surface area (Å²) in [5.41, 5.74) is 2.67. The zero-order valence-electron chi connectivity index (χ0n) is 9.89. The third-order valence-corrected chi connectivity index (χ3v) is 1.55. The fourth-order valence-corrected chi connectivity index (χ4v) is 0.803. The van der Waals surface area contributed by atoms with Crippen molar-refractivity contribution < 1.29 is 9.63 Å². The van der Waals surface area contributed by atoms with E-state index in [2.05, 4.69) is 5.48 Å². The Labute approximate surface area is 86.6 Å².